The van der Waals surface area contributed by atoms with Crippen LogP contribution in [0, 0.1) is 0 Å². The van der Waals surface area contributed by atoms with Crippen molar-refractivity contribution in [2.24, 2.45) is 0 Å². The van der Waals surface area contributed by atoms with E-state index < -0.39 is 32.5 Å². The fraction of sp³-hybridized carbons (Fsp3) is 0.591. The Kier molecular flexibility index (Phi) is 33.6. The topological polar surface area (TPSA) is 111 Å². The van der Waals surface area contributed by atoms with Crippen LogP contribution in [0.5, 0.6) is 0 Å². The lowest BCUT2D eigenvalue weighted by molar-refractivity contribution is -0.870. The number of carbonyl (C=O) groups excluding carboxylic acids is 2. The molecule has 0 aromatic heterocycles. The molecule has 0 aliphatic heterocycles. The highest BCUT2D eigenvalue weighted by Gasteiger charge is 2.21. The Labute approximate surface area is 328 Å². The summed E-state index contributed by atoms with van der Waals surface area (Å²) in [6, 6.07) is 0. The van der Waals surface area contributed by atoms with E-state index in [-0.39, 0.29) is 26.1 Å². The van der Waals surface area contributed by atoms with Gasteiger partial charge in [-0.1, -0.05) is 111 Å². The van der Waals surface area contributed by atoms with Crippen molar-refractivity contribution in [3.8, 4) is 0 Å². The maximum atomic E-state index is 12.6. The SMILES string of the molecule is CC/C=C\C/C=C\C/C=C\C/C=C\CCCCC(=O)OC[C@H](COP(=O)([O-])OCC[N+](C)(C)C)OC(=O)CCCC/C=C\C/C=C\C/C=C\C/C=C\CC. The quantitative estimate of drug-likeness (QED) is 0.0209. The highest BCUT2D eigenvalue weighted by Crippen LogP contribution is 2.38. The summed E-state index contributed by atoms with van der Waals surface area (Å²) < 4.78 is 33.7. The summed E-state index contributed by atoms with van der Waals surface area (Å²) >= 11 is 0. The van der Waals surface area contributed by atoms with Gasteiger partial charge in [0, 0.05) is 12.8 Å². The van der Waals surface area contributed by atoms with Crippen LogP contribution < -0.4 is 4.89 Å². The van der Waals surface area contributed by atoms with Crippen molar-refractivity contribution in [3.63, 3.8) is 0 Å². The second-order valence-electron chi connectivity index (χ2n) is 13.9. The van der Waals surface area contributed by atoms with E-state index in [9.17, 15) is 19.0 Å². The van der Waals surface area contributed by atoms with Gasteiger partial charge in [0.2, 0.25) is 0 Å². The van der Waals surface area contributed by atoms with Crippen LogP contribution in [-0.2, 0) is 32.7 Å². The number of phosphoric ester groups is 1. The van der Waals surface area contributed by atoms with Gasteiger partial charge in [0.05, 0.1) is 27.7 Å². The lowest BCUT2D eigenvalue weighted by Crippen LogP contribution is -2.37. The van der Waals surface area contributed by atoms with Crippen molar-refractivity contribution in [1.82, 2.24) is 0 Å². The lowest BCUT2D eigenvalue weighted by atomic mass is 10.1. The first-order valence-corrected chi connectivity index (χ1v) is 21.4. The molecule has 0 saturated carbocycles. The van der Waals surface area contributed by atoms with Crippen molar-refractivity contribution >= 4 is 19.8 Å². The number of likely N-dealkylation sites (N-methyl/N-ethyl adjacent to an activating group) is 1. The molecule has 0 spiro atoms. The third-order valence-corrected chi connectivity index (χ3v) is 8.56. The Morgan fingerprint density at radius 2 is 0.981 bits per heavy atom. The molecule has 1 unspecified atom stereocenters. The molecule has 0 fully saturated rings. The van der Waals surface area contributed by atoms with E-state index in [1.54, 1.807) is 0 Å². The number of hydrogen-bond donors (Lipinski definition) is 0. The molecule has 0 aliphatic carbocycles. The molecule has 0 saturated heterocycles. The molecule has 54 heavy (non-hydrogen) atoms. The van der Waals surface area contributed by atoms with Crippen molar-refractivity contribution in [1.29, 1.82) is 0 Å². The van der Waals surface area contributed by atoms with Gasteiger partial charge in [-0.05, 0) is 89.9 Å². The summed E-state index contributed by atoms with van der Waals surface area (Å²) in [4.78, 5) is 37.4. The number of ether oxygens (including phenoxy) is 2. The highest BCUT2D eigenvalue weighted by molar-refractivity contribution is 7.45. The number of carbonyl (C=O) groups is 2. The van der Waals surface area contributed by atoms with Gasteiger partial charge in [-0.3, -0.25) is 14.2 Å². The van der Waals surface area contributed by atoms with Gasteiger partial charge in [-0.2, -0.15) is 0 Å². The molecule has 0 heterocycles. The Bertz CT molecular complexity index is 1240. The second kappa shape index (κ2) is 35.6. The first kappa shape index (κ1) is 50.9. The molecule has 0 bridgehead atoms. The Hall–Kier alpha value is -3.07. The minimum atomic E-state index is -4.65. The van der Waals surface area contributed by atoms with E-state index in [0.29, 0.717) is 23.9 Å². The fourth-order valence-electron chi connectivity index (χ4n) is 4.52. The van der Waals surface area contributed by atoms with Gasteiger partial charge in [-0.15, -0.1) is 0 Å². The average molecular weight is 774 g/mol. The normalized spacial score (nSPS) is 14.7. The van der Waals surface area contributed by atoms with Crippen LogP contribution in [-0.4, -0.2) is 70.0 Å². The van der Waals surface area contributed by atoms with Gasteiger partial charge in [0.1, 0.15) is 19.8 Å². The van der Waals surface area contributed by atoms with E-state index in [1.807, 2.05) is 21.1 Å². The molecule has 0 aliphatic rings. The van der Waals surface area contributed by atoms with Gasteiger partial charge >= 0.3 is 11.9 Å². The number of quaternary nitrogens is 1. The first-order valence-electron chi connectivity index (χ1n) is 19.9. The highest BCUT2D eigenvalue weighted by atomic mass is 31.2. The van der Waals surface area contributed by atoms with E-state index in [1.165, 1.54) is 0 Å². The molecule has 0 amide bonds. The minimum absolute atomic E-state index is 0.0517. The molecule has 0 rings (SSSR count). The number of allylic oxidation sites excluding steroid dienone is 16. The van der Waals surface area contributed by atoms with Crippen LogP contribution >= 0.6 is 7.82 Å². The summed E-state index contributed by atoms with van der Waals surface area (Å²) in [7, 11) is 1.09. The molecule has 0 aromatic rings. The van der Waals surface area contributed by atoms with Crippen LogP contribution in [0.25, 0.3) is 0 Å². The van der Waals surface area contributed by atoms with E-state index in [4.69, 9.17) is 18.5 Å². The minimum Gasteiger partial charge on any atom is -0.756 e. The monoisotopic (exact) mass is 773 g/mol. The number of unbranched alkanes of at least 4 members (excludes halogenated alkanes) is 4. The van der Waals surface area contributed by atoms with E-state index in [0.717, 1.165) is 77.0 Å². The smallest absolute Gasteiger partial charge is 0.306 e. The summed E-state index contributed by atoms with van der Waals surface area (Å²) in [5, 5.41) is 0. The average Bonchev–Trinajstić information content (AvgIpc) is 3.12. The number of phosphoric acid groups is 1. The molecule has 0 aromatic carbocycles. The predicted octanol–water partition coefficient (Wildman–Crippen LogP) is 10.4. The first-order chi connectivity index (χ1) is 26.0. The second-order valence-corrected chi connectivity index (χ2v) is 15.3. The zero-order valence-electron chi connectivity index (χ0n) is 34.1. The summed E-state index contributed by atoms with van der Waals surface area (Å²) in [6.45, 7) is 3.85. The maximum absolute atomic E-state index is 12.6. The molecule has 306 valence electrons. The van der Waals surface area contributed by atoms with Gasteiger partial charge in [0.15, 0.2) is 6.10 Å². The van der Waals surface area contributed by atoms with Crippen molar-refractivity contribution in [3.05, 3.63) is 97.2 Å². The van der Waals surface area contributed by atoms with E-state index >= 15 is 0 Å². The third kappa shape index (κ3) is 38.6. The summed E-state index contributed by atoms with van der Waals surface area (Å²) in [5.41, 5.74) is 0. The molecular weight excluding hydrogens is 701 g/mol. The lowest BCUT2D eigenvalue weighted by Gasteiger charge is -2.28. The number of rotatable bonds is 34. The van der Waals surface area contributed by atoms with Gasteiger partial charge in [-0.25, -0.2) is 0 Å². The zero-order chi connectivity index (χ0) is 40.0. The van der Waals surface area contributed by atoms with Gasteiger partial charge in [0.25, 0.3) is 7.82 Å². The van der Waals surface area contributed by atoms with Crippen LogP contribution in [0.3, 0.4) is 0 Å². The fourth-order valence-corrected chi connectivity index (χ4v) is 5.24. The predicted molar refractivity (Wildman–Crippen MR) is 222 cm³/mol. The third-order valence-electron chi connectivity index (χ3n) is 7.60. The largest absolute Gasteiger partial charge is 0.756 e. The number of hydrogen-bond acceptors (Lipinski definition) is 8. The molecule has 0 radical (unpaired) electrons. The molecule has 10 heteroatoms. The maximum Gasteiger partial charge on any atom is 0.306 e. The van der Waals surface area contributed by atoms with Gasteiger partial charge < -0.3 is 27.9 Å². The molecule has 0 N–H and O–H groups in total. The summed E-state index contributed by atoms with van der Waals surface area (Å²) in [6.07, 6.45) is 45.9. The van der Waals surface area contributed by atoms with E-state index in [2.05, 4.69) is 111 Å². The van der Waals surface area contributed by atoms with Crippen molar-refractivity contribution in [2.45, 2.75) is 123 Å². The van der Waals surface area contributed by atoms with Crippen LogP contribution in [0.4, 0.5) is 0 Å². The molecule has 2 atom stereocenters. The van der Waals surface area contributed by atoms with Crippen LogP contribution in [0.2, 0.25) is 0 Å². The van der Waals surface area contributed by atoms with Crippen molar-refractivity contribution < 1.29 is 42.1 Å². The molecule has 9 nitrogen and oxygen atoms in total. The molecular formula is C44H72NO8P. The Balaban J connectivity index is 4.59. The Morgan fingerprint density at radius 1 is 0.574 bits per heavy atom. The Morgan fingerprint density at radius 3 is 1.41 bits per heavy atom. The van der Waals surface area contributed by atoms with Crippen LogP contribution in [0.15, 0.2) is 97.2 Å². The van der Waals surface area contributed by atoms with Crippen LogP contribution in [0.1, 0.15) is 117 Å². The number of esters is 2. The standard InChI is InChI=1S/C44H72NO8P/c1-6-8-10-12-14-16-18-20-22-24-26-28-30-32-34-36-43(46)50-40-42(41-52-54(48,49)51-39-38-45(3,4)5)53-44(47)37-35-33-31-29-27-25-23-21-19-17-15-13-11-9-7-2/h8-11,14-17,20-23,26-29,42H,6-7,12-13,18-19,24-25,30-41H2,1-5H3/b10-8-,11-9-,16-14-,17-15-,22-20-,23-21-,28-26-,29-27-/t42-/m1/s1. The van der Waals surface area contributed by atoms with Crippen molar-refractivity contribution in [2.75, 3.05) is 47.5 Å². The number of nitrogens with zero attached hydrogens (tertiary/aromatic N) is 1. The zero-order valence-corrected chi connectivity index (χ0v) is 35.0. The summed E-state index contributed by atoms with van der Waals surface area (Å²) in [5.74, 6) is -0.946.